The molecule has 0 unspecified atom stereocenters. The molecule has 2 aromatic heterocycles. The van der Waals surface area contributed by atoms with Crippen molar-refractivity contribution in [3.8, 4) is 11.8 Å². The standard InChI is InChI=1S/C21H21F3N6O5/c1-28(7-6-14-2-4-16(5-3-14)35-21(22,23)24)19-25-8-15(9-26-19)12-33-17-10-29-11-18(30(31)32)27-20(29)34-13-17/h2-5,8-9,11,17H,6-7,10,12-13H2,1H3/t17-/m0/s1. The number of imidazole rings is 1. The van der Waals surface area contributed by atoms with Crippen LogP contribution in [0.1, 0.15) is 11.1 Å². The van der Waals surface area contributed by atoms with Crippen LogP contribution >= 0.6 is 0 Å². The smallest absolute Gasteiger partial charge is 0.443 e. The molecule has 0 N–H and O–H groups in total. The van der Waals surface area contributed by atoms with Crippen molar-refractivity contribution >= 4 is 11.8 Å². The molecular formula is C21H21F3N6O5. The van der Waals surface area contributed by atoms with Crippen molar-refractivity contribution < 1.29 is 32.3 Å². The summed E-state index contributed by atoms with van der Waals surface area (Å²) in [6.07, 6.45) is 0.133. The third kappa shape index (κ3) is 6.56. The topological polar surface area (TPSA) is 118 Å². The summed E-state index contributed by atoms with van der Waals surface area (Å²) in [5.74, 6) is -0.0503. The number of hydrogen-bond donors (Lipinski definition) is 0. The van der Waals surface area contributed by atoms with Gasteiger partial charge < -0.3 is 29.2 Å². The number of rotatable bonds is 9. The SMILES string of the molecule is CN(CCc1ccc(OC(F)(F)F)cc1)c1ncc(CO[C@@H]2COc3nc([N+](=O)[O-])cn3C2)cn1. The van der Waals surface area contributed by atoms with Gasteiger partial charge in [0.15, 0.2) is 0 Å². The summed E-state index contributed by atoms with van der Waals surface area (Å²) >= 11 is 0. The predicted molar refractivity (Wildman–Crippen MR) is 115 cm³/mol. The Morgan fingerprint density at radius 1 is 1.23 bits per heavy atom. The van der Waals surface area contributed by atoms with Gasteiger partial charge in [-0.1, -0.05) is 12.1 Å². The highest BCUT2D eigenvalue weighted by atomic mass is 19.4. The lowest BCUT2D eigenvalue weighted by Crippen LogP contribution is -2.32. The Labute approximate surface area is 197 Å². The molecule has 3 heterocycles. The van der Waals surface area contributed by atoms with E-state index in [1.54, 1.807) is 24.5 Å². The summed E-state index contributed by atoms with van der Waals surface area (Å²) in [7, 11) is 1.81. The van der Waals surface area contributed by atoms with Crippen molar-refractivity contribution in [2.45, 2.75) is 32.0 Å². The molecule has 1 atom stereocenters. The van der Waals surface area contributed by atoms with Crippen LogP contribution < -0.4 is 14.4 Å². The number of nitrogens with zero attached hydrogens (tertiary/aromatic N) is 6. The van der Waals surface area contributed by atoms with Gasteiger partial charge in [-0.2, -0.15) is 0 Å². The van der Waals surface area contributed by atoms with Crippen molar-refractivity contribution in [3.63, 3.8) is 0 Å². The Balaban J connectivity index is 1.23. The molecule has 14 heteroatoms. The van der Waals surface area contributed by atoms with E-state index >= 15 is 0 Å². The molecule has 11 nitrogen and oxygen atoms in total. The number of benzene rings is 1. The van der Waals surface area contributed by atoms with Crippen molar-refractivity contribution in [3.05, 3.63) is 64.1 Å². The Morgan fingerprint density at radius 2 is 1.94 bits per heavy atom. The van der Waals surface area contributed by atoms with E-state index < -0.39 is 11.3 Å². The molecule has 1 aliphatic rings. The molecule has 0 saturated carbocycles. The molecule has 0 bridgehead atoms. The van der Waals surface area contributed by atoms with Crippen LogP contribution in [0.2, 0.25) is 0 Å². The Kier molecular flexibility index (Phi) is 7.00. The van der Waals surface area contributed by atoms with Gasteiger partial charge in [-0.25, -0.2) is 9.97 Å². The van der Waals surface area contributed by atoms with Crippen LogP contribution in [0.15, 0.2) is 42.9 Å². The maximum absolute atomic E-state index is 12.3. The van der Waals surface area contributed by atoms with Gasteiger partial charge in [-0.3, -0.25) is 4.57 Å². The van der Waals surface area contributed by atoms with Crippen molar-refractivity contribution in [1.29, 1.82) is 0 Å². The molecule has 35 heavy (non-hydrogen) atoms. The highest BCUT2D eigenvalue weighted by molar-refractivity contribution is 5.31. The number of halogens is 3. The van der Waals surface area contributed by atoms with Crippen LogP contribution in [0, 0.1) is 10.1 Å². The number of alkyl halides is 3. The first kappa shape index (κ1) is 24.2. The Bertz CT molecular complexity index is 1150. The van der Waals surface area contributed by atoms with Gasteiger partial charge in [0.1, 0.15) is 24.7 Å². The lowest BCUT2D eigenvalue weighted by molar-refractivity contribution is -0.389. The average molecular weight is 494 g/mol. The molecule has 4 rings (SSSR count). The number of hydrogen-bond acceptors (Lipinski definition) is 9. The van der Waals surface area contributed by atoms with Crippen LogP contribution in [0.4, 0.5) is 24.9 Å². The zero-order valence-corrected chi connectivity index (χ0v) is 18.5. The second-order valence-electron chi connectivity index (χ2n) is 7.79. The molecule has 3 aromatic rings. The van der Waals surface area contributed by atoms with Gasteiger partial charge >= 0.3 is 18.2 Å². The normalized spacial score (nSPS) is 15.3. The van der Waals surface area contributed by atoms with Crippen LogP contribution in [0.25, 0.3) is 0 Å². The van der Waals surface area contributed by atoms with Gasteiger partial charge in [-0.05, 0) is 29.0 Å². The average Bonchev–Trinajstić information content (AvgIpc) is 3.25. The predicted octanol–water partition coefficient (Wildman–Crippen LogP) is 3.14. The summed E-state index contributed by atoms with van der Waals surface area (Å²) < 4.78 is 53.4. The van der Waals surface area contributed by atoms with E-state index in [0.717, 1.165) is 11.1 Å². The van der Waals surface area contributed by atoms with Crippen molar-refractivity contribution in [2.24, 2.45) is 0 Å². The molecule has 0 aliphatic carbocycles. The molecule has 0 spiro atoms. The molecule has 0 fully saturated rings. The monoisotopic (exact) mass is 494 g/mol. The first-order valence-electron chi connectivity index (χ1n) is 10.5. The number of ether oxygens (including phenoxy) is 3. The fraction of sp³-hybridized carbons (Fsp3) is 0.381. The quantitative estimate of drug-likeness (QED) is 0.327. The van der Waals surface area contributed by atoms with E-state index in [2.05, 4.69) is 19.7 Å². The molecule has 1 aliphatic heterocycles. The number of nitro groups is 1. The maximum Gasteiger partial charge on any atom is 0.573 e. The number of fused-ring (bicyclic) bond motifs is 1. The second-order valence-corrected chi connectivity index (χ2v) is 7.79. The Hall–Kier alpha value is -3.94. The first-order chi connectivity index (χ1) is 16.7. The minimum atomic E-state index is -4.72. The van der Waals surface area contributed by atoms with E-state index in [9.17, 15) is 23.3 Å². The van der Waals surface area contributed by atoms with Crippen LogP contribution in [0.3, 0.4) is 0 Å². The van der Waals surface area contributed by atoms with Crippen molar-refractivity contribution in [2.75, 3.05) is 25.1 Å². The fourth-order valence-electron chi connectivity index (χ4n) is 3.35. The van der Waals surface area contributed by atoms with E-state index in [1.807, 2.05) is 11.9 Å². The van der Waals surface area contributed by atoms with Crippen molar-refractivity contribution in [1.82, 2.24) is 19.5 Å². The fourth-order valence-corrected chi connectivity index (χ4v) is 3.35. The summed E-state index contributed by atoms with van der Waals surface area (Å²) in [4.78, 5) is 24.6. The van der Waals surface area contributed by atoms with Crippen LogP contribution in [-0.2, 0) is 24.3 Å². The number of aromatic nitrogens is 4. The molecule has 186 valence electrons. The van der Waals surface area contributed by atoms with Gasteiger partial charge in [0, 0.05) is 36.5 Å². The van der Waals surface area contributed by atoms with Gasteiger partial charge in [-0.15, -0.1) is 13.2 Å². The van der Waals surface area contributed by atoms with E-state index in [1.165, 1.54) is 22.9 Å². The summed E-state index contributed by atoms with van der Waals surface area (Å²) in [5, 5.41) is 10.8. The third-order valence-electron chi connectivity index (χ3n) is 5.12. The minimum Gasteiger partial charge on any atom is -0.443 e. The molecule has 0 radical (unpaired) electrons. The largest absolute Gasteiger partial charge is 0.573 e. The van der Waals surface area contributed by atoms with E-state index in [0.29, 0.717) is 25.5 Å². The van der Waals surface area contributed by atoms with Crippen LogP contribution in [0.5, 0.6) is 11.8 Å². The van der Waals surface area contributed by atoms with Crippen LogP contribution in [-0.4, -0.2) is 57.1 Å². The number of anilines is 1. The van der Waals surface area contributed by atoms with Gasteiger partial charge in [0.05, 0.1) is 13.2 Å². The molecular weight excluding hydrogens is 473 g/mol. The molecule has 0 saturated heterocycles. The van der Waals surface area contributed by atoms with E-state index in [-0.39, 0.29) is 36.9 Å². The van der Waals surface area contributed by atoms with E-state index in [4.69, 9.17) is 9.47 Å². The summed E-state index contributed by atoms with van der Waals surface area (Å²) in [6.45, 7) is 1.38. The highest BCUT2D eigenvalue weighted by Gasteiger charge is 2.31. The minimum absolute atomic E-state index is 0.192. The summed E-state index contributed by atoms with van der Waals surface area (Å²) in [5.41, 5.74) is 1.59. The third-order valence-corrected chi connectivity index (χ3v) is 5.12. The summed E-state index contributed by atoms with van der Waals surface area (Å²) in [6, 6.07) is 5.91. The van der Waals surface area contributed by atoms with Gasteiger partial charge in [0.2, 0.25) is 5.95 Å². The first-order valence-corrected chi connectivity index (χ1v) is 10.5. The maximum atomic E-state index is 12.3. The Morgan fingerprint density at radius 3 is 2.60 bits per heavy atom. The molecule has 1 aromatic carbocycles. The number of likely N-dealkylation sites (N-methyl/N-ethyl adjacent to an activating group) is 1. The lowest BCUT2D eigenvalue weighted by atomic mass is 10.1. The zero-order valence-electron chi connectivity index (χ0n) is 18.5. The zero-order chi connectivity index (χ0) is 25.0. The molecule has 0 amide bonds. The second kappa shape index (κ2) is 10.1. The lowest BCUT2D eigenvalue weighted by Gasteiger charge is -2.22. The highest BCUT2D eigenvalue weighted by Crippen LogP contribution is 2.24. The van der Waals surface area contributed by atoms with Gasteiger partial charge in [0.25, 0.3) is 0 Å².